The predicted molar refractivity (Wildman–Crippen MR) is 117 cm³/mol. The summed E-state index contributed by atoms with van der Waals surface area (Å²) < 4.78 is 1.89. The van der Waals surface area contributed by atoms with E-state index in [1.165, 1.54) is 17.3 Å². The first-order valence-corrected chi connectivity index (χ1v) is 10.7. The molecule has 0 radical (unpaired) electrons. The molecule has 1 amide bonds. The molecule has 3 aromatic rings. The van der Waals surface area contributed by atoms with Crippen molar-refractivity contribution in [2.24, 2.45) is 0 Å². The number of carbonyl (C=O) groups is 1. The third-order valence-corrected chi connectivity index (χ3v) is 6.58. The van der Waals surface area contributed by atoms with E-state index in [-0.39, 0.29) is 11.9 Å². The molecule has 2 atom stereocenters. The number of aromatic nitrogens is 3. The Morgan fingerprint density at radius 1 is 1.21 bits per heavy atom. The number of fused-ring (bicyclic) bond motifs is 1. The number of hydrogen-bond donors (Lipinski definition) is 2. The van der Waals surface area contributed by atoms with E-state index in [9.17, 15) is 4.79 Å². The van der Waals surface area contributed by atoms with Crippen LogP contribution in [0.5, 0.6) is 0 Å². The van der Waals surface area contributed by atoms with Gasteiger partial charge >= 0.3 is 0 Å². The molecular weight excluding hydrogens is 406 g/mol. The molecule has 2 heterocycles. The van der Waals surface area contributed by atoms with E-state index in [1.807, 2.05) is 37.6 Å². The molecule has 1 aliphatic rings. The number of benzene rings is 2. The number of rotatable bonds is 4. The molecule has 29 heavy (non-hydrogen) atoms. The van der Waals surface area contributed by atoms with Gasteiger partial charge in [0.2, 0.25) is 11.1 Å². The molecular formula is C21H22ClN5OS. The van der Waals surface area contributed by atoms with Crippen LogP contribution in [0.15, 0.2) is 47.6 Å². The Kier molecular flexibility index (Phi) is 5.52. The smallest absolute Gasteiger partial charge is 0.240 e. The van der Waals surface area contributed by atoms with Crippen LogP contribution in [0.2, 0.25) is 5.02 Å². The topological polar surface area (TPSA) is 71.8 Å². The highest BCUT2D eigenvalue weighted by Crippen LogP contribution is 2.37. The lowest BCUT2D eigenvalue weighted by Gasteiger charge is -2.33. The number of nitrogens with zero attached hydrogens (tertiary/aromatic N) is 3. The zero-order valence-corrected chi connectivity index (χ0v) is 18.0. The van der Waals surface area contributed by atoms with Crippen LogP contribution in [0.1, 0.15) is 35.5 Å². The summed E-state index contributed by atoms with van der Waals surface area (Å²) in [6.07, 6.45) is 0.750. The van der Waals surface area contributed by atoms with Crippen LogP contribution < -0.4 is 10.7 Å². The number of carbonyl (C=O) groups excluding carboxylic acids is 1. The quantitative estimate of drug-likeness (QED) is 0.641. The Morgan fingerprint density at radius 3 is 2.66 bits per heavy atom. The largest absolute Gasteiger partial charge is 0.325 e. The first-order chi connectivity index (χ1) is 14.0. The van der Waals surface area contributed by atoms with Crippen molar-refractivity contribution < 1.29 is 4.79 Å². The van der Waals surface area contributed by atoms with Gasteiger partial charge in [-0.1, -0.05) is 66.2 Å². The Morgan fingerprint density at radius 2 is 1.97 bits per heavy atom. The van der Waals surface area contributed by atoms with Crippen molar-refractivity contribution in [2.75, 3.05) is 10.7 Å². The van der Waals surface area contributed by atoms with Crippen molar-refractivity contribution in [3.05, 3.63) is 70.0 Å². The average Bonchev–Trinajstić information content (AvgIpc) is 3.12. The Hall–Kier alpha value is -2.51. The monoisotopic (exact) mass is 427 g/mol. The van der Waals surface area contributed by atoms with Crippen molar-refractivity contribution in [3.8, 4) is 0 Å². The maximum atomic E-state index is 13.2. The van der Waals surface area contributed by atoms with Crippen molar-refractivity contribution in [3.63, 3.8) is 0 Å². The van der Waals surface area contributed by atoms with Crippen LogP contribution in [0.3, 0.4) is 0 Å². The van der Waals surface area contributed by atoms with Gasteiger partial charge in [-0.05, 0) is 37.1 Å². The fourth-order valence-electron chi connectivity index (χ4n) is 3.24. The first kappa shape index (κ1) is 19.8. The van der Waals surface area contributed by atoms with Gasteiger partial charge in [0.05, 0.1) is 6.04 Å². The zero-order chi connectivity index (χ0) is 20.5. The van der Waals surface area contributed by atoms with Crippen LogP contribution in [0.25, 0.3) is 0 Å². The minimum Gasteiger partial charge on any atom is -0.325 e. The molecule has 0 fully saturated rings. The third kappa shape index (κ3) is 3.97. The molecule has 0 spiro atoms. The lowest BCUT2D eigenvalue weighted by atomic mass is 10.0. The molecule has 150 valence electrons. The van der Waals surface area contributed by atoms with Gasteiger partial charge in [-0.25, -0.2) is 4.68 Å². The number of aryl methyl sites for hydroxylation is 3. The minimum absolute atomic E-state index is 0.111. The lowest BCUT2D eigenvalue weighted by Crippen LogP contribution is -2.41. The van der Waals surface area contributed by atoms with Gasteiger partial charge in [-0.15, -0.1) is 10.2 Å². The molecule has 0 saturated heterocycles. The SMILES string of the molecule is CCc1nnc2n1N[C@@H](c1ccc(C)cc1)[C@@H](C(=O)Nc1ccc(C)c(Cl)c1)S2. The Labute approximate surface area is 179 Å². The fourth-order valence-corrected chi connectivity index (χ4v) is 4.51. The van der Waals surface area contributed by atoms with Gasteiger partial charge in [0, 0.05) is 17.1 Å². The van der Waals surface area contributed by atoms with Gasteiger partial charge in [0.25, 0.3) is 0 Å². The highest BCUT2D eigenvalue weighted by molar-refractivity contribution is 8.00. The van der Waals surface area contributed by atoms with E-state index >= 15 is 0 Å². The number of thioether (sulfide) groups is 1. The van der Waals surface area contributed by atoms with Crippen molar-refractivity contribution in [1.82, 2.24) is 14.9 Å². The summed E-state index contributed by atoms with van der Waals surface area (Å²) in [4.78, 5) is 13.2. The second kappa shape index (κ2) is 8.08. The molecule has 0 aliphatic carbocycles. The molecule has 8 heteroatoms. The van der Waals surface area contributed by atoms with Gasteiger partial charge in [-0.3, -0.25) is 4.79 Å². The lowest BCUT2D eigenvalue weighted by molar-refractivity contribution is -0.116. The summed E-state index contributed by atoms with van der Waals surface area (Å²) in [5, 5.41) is 12.4. The standard InChI is InChI=1S/C21H22ClN5OS/c1-4-17-24-25-21-27(17)26-18(14-8-5-12(2)6-9-14)19(29-21)20(28)23-15-10-7-13(3)16(22)11-15/h5-11,18-19,26H,4H2,1-3H3,(H,23,28)/t18-,19-/m0/s1. The minimum atomic E-state index is -0.417. The summed E-state index contributed by atoms with van der Waals surface area (Å²) >= 11 is 7.63. The van der Waals surface area contributed by atoms with Gasteiger partial charge in [0.1, 0.15) is 5.25 Å². The number of nitrogens with one attached hydrogen (secondary N) is 2. The van der Waals surface area contributed by atoms with E-state index in [4.69, 9.17) is 11.6 Å². The Bertz CT molecular complexity index is 1050. The number of amides is 1. The third-order valence-electron chi connectivity index (χ3n) is 4.95. The van der Waals surface area contributed by atoms with E-state index in [0.29, 0.717) is 15.9 Å². The second-order valence-corrected chi connectivity index (χ2v) is 8.61. The normalized spacial score (nSPS) is 18.1. The van der Waals surface area contributed by atoms with E-state index in [0.717, 1.165) is 23.4 Å². The van der Waals surface area contributed by atoms with Crippen molar-refractivity contribution in [2.45, 2.75) is 43.6 Å². The maximum Gasteiger partial charge on any atom is 0.240 e. The van der Waals surface area contributed by atoms with E-state index in [2.05, 4.69) is 45.2 Å². The summed E-state index contributed by atoms with van der Waals surface area (Å²) in [5.41, 5.74) is 7.30. The van der Waals surface area contributed by atoms with Gasteiger partial charge < -0.3 is 10.7 Å². The van der Waals surface area contributed by atoms with Crippen molar-refractivity contribution in [1.29, 1.82) is 0 Å². The van der Waals surface area contributed by atoms with E-state index in [1.54, 1.807) is 6.07 Å². The molecule has 1 aromatic heterocycles. The zero-order valence-electron chi connectivity index (χ0n) is 16.4. The van der Waals surface area contributed by atoms with Crippen LogP contribution in [0.4, 0.5) is 5.69 Å². The summed E-state index contributed by atoms with van der Waals surface area (Å²) in [7, 11) is 0. The van der Waals surface area contributed by atoms with Gasteiger partial charge in [0.15, 0.2) is 5.82 Å². The van der Waals surface area contributed by atoms with Crippen LogP contribution >= 0.6 is 23.4 Å². The molecule has 0 saturated carbocycles. The molecule has 6 nitrogen and oxygen atoms in total. The van der Waals surface area contributed by atoms with Gasteiger partial charge in [-0.2, -0.15) is 0 Å². The molecule has 4 rings (SSSR count). The number of hydrogen-bond acceptors (Lipinski definition) is 5. The average molecular weight is 428 g/mol. The highest BCUT2D eigenvalue weighted by Gasteiger charge is 2.37. The molecule has 1 aliphatic heterocycles. The van der Waals surface area contributed by atoms with Crippen LogP contribution in [-0.2, 0) is 11.2 Å². The number of anilines is 1. The molecule has 2 N–H and O–H groups in total. The van der Waals surface area contributed by atoms with Crippen molar-refractivity contribution >= 4 is 35.0 Å². The van der Waals surface area contributed by atoms with Crippen LogP contribution in [0, 0.1) is 13.8 Å². The van der Waals surface area contributed by atoms with E-state index < -0.39 is 5.25 Å². The number of halogens is 1. The second-order valence-electron chi connectivity index (χ2n) is 7.10. The Balaban J connectivity index is 1.66. The first-order valence-electron chi connectivity index (χ1n) is 9.47. The predicted octanol–water partition coefficient (Wildman–Crippen LogP) is 4.51. The van der Waals surface area contributed by atoms with Crippen LogP contribution in [-0.4, -0.2) is 26.0 Å². The maximum absolute atomic E-state index is 13.2. The molecule has 0 unspecified atom stereocenters. The summed E-state index contributed by atoms with van der Waals surface area (Å²) in [6, 6.07) is 13.5. The highest BCUT2D eigenvalue weighted by atomic mass is 35.5. The molecule has 0 bridgehead atoms. The summed E-state index contributed by atoms with van der Waals surface area (Å²) in [6.45, 7) is 6.01. The summed E-state index contributed by atoms with van der Waals surface area (Å²) in [5.74, 6) is 0.731. The fraction of sp³-hybridized carbons (Fsp3) is 0.286. The molecule has 2 aromatic carbocycles.